The monoisotopic (exact) mass is 461 g/mol. The number of carbonyl (C=O) groups is 1. The fourth-order valence-corrected chi connectivity index (χ4v) is 4.47. The number of amides is 1. The average Bonchev–Trinajstić information content (AvgIpc) is 2.92. The third-order valence-electron chi connectivity index (χ3n) is 6.12. The Kier molecular flexibility index (Phi) is 6.26. The molecule has 4 rings (SSSR count). The SMILES string of the molecule is COc1cc(-c2ccc3c(c2)Nc2cc(C(C)CC(C)O)c(C)cc2NC3=O)ccc1[N+](=O)[O-]. The van der Waals surface area contributed by atoms with Crippen LogP contribution in [0.25, 0.3) is 11.1 Å². The summed E-state index contributed by atoms with van der Waals surface area (Å²) in [5.74, 6) is 0.0865. The molecule has 0 aromatic heterocycles. The quantitative estimate of drug-likeness (QED) is 0.318. The molecule has 8 nitrogen and oxygen atoms in total. The second-order valence-corrected chi connectivity index (χ2v) is 8.72. The van der Waals surface area contributed by atoms with Crippen molar-refractivity contribution < 1.29 is 19.6 Å². The molecule has 0 spiro atoms. The first-order valence-electron chi connectivity index (χ1n) is 11.1. The Labute approximate surface area is 197 Å². The molecular weight excluding hydrogens is 434 g/mol. The number of rotatable bonds is 6. The highest BCUT2D eigenvalue weighted by atomic mass is 16.6. The van der Waals surface area contributed by atoms with Gasteiger partial charge in [0, 0.05) is 6.07 Å². The molecule has 3 aromatic carbocycles. The highest BCUT2D eigenvalue weighted by Crippen LogP contribution is 2.39. The lowest BCUT2D eigenvalue weighted by Gasteiger charge is -2.19. The van der Waals surface area contributed by atoms with Crippen molar-refractivity contribution in [2.75, 3.05) is 17.7 Å². The van der Waals surface area contributed by atoms with Gasteiger partial charge >= 0.3 is 5.69 Å². The van der Waals surface area contributed by atoms with E-state index in [4.69, 9.17) is 4.74 Å². The van der Waals surface area contributed by atoms with Gasteiger partial charge in [-0.3, -0.25) is 14.9 Å². The number of hydrogen-bond acceptors (Lipinski definition) is 6. The number of anilines is 3. The number of nitrogens with zero attached hydrogens (tertiary/aromatic N) is 1. The van der Waals surface area contributed by atoms with E-state index in [2.05, 4.69) is 17.6 Å². The molecule has 3 aromatic rings. The van der Waals surface area contributed by atoms with Crippen molar-refractivity contribution in [1.29, 1.82) is 0 Å². The van der Waals surface area contributed by atoms with Crippen LogP contribution in [0.5, 0.6) is 5.75 Å². The van der Waals surface area contributed by atoms with Gasteiger partial charge in [-0.1, -0.05) is 13.0 Å². The van der Waals surface area contributed by atoms with Crippen LogP contribution >= 0.6 is 0 Å². The molecule has 0 bridgehead atoms. The van der Waals surface area contributed by atoms with Crippen LogP contribution in [0.4, 0.5) is 22.7 Å². The number of nitro groups is 1. The summed E-state index contributed by atoms with van der Waals surface area (Å²) in [6, 6.07) is 14.0. The van der Waals surface area contributed by atoms with Crippen LogP contribution in [0.15, 0.2) is 48.5 Å². The van der Waals surface area contributed by atoms with E-state index in [-0.39, 0.29) is 23.3 Å². The number of hydrogen-bond donors (Lipinski definition) is 3. The number of ether oxygens (including phenoxy) is 1. The van der Waals surface area contributed by atoms with E-state index >= 15 is 0 Å². The van der Waals surface area contributed by atoms with Crippen molar-refractivity contribution in [3.05, 3.63) is 75.3 Å². The zero-order valence-electron chi connectivity index (χ0n) is 19.5. The molecule has 0 radical (unpaired) electrons. The molecular formula is C26H27N3O5. The van der Waals surface area contributed by atoms with Crippen LogP contribution in [0.3, 0.4) is 0 Å². The largest absolute Gasteiger partial charge is 0.490 e. The Hall–Kier alpha value is -3.91. The number of nitrogens with one attached hydrogen (secondary N) is 2. The zero-order valence-corrected chi connectivity index (χ0v) is 19.5. The van der Waals surface area contributed by atoms with Crippen molar-refractivity contribution in [3.8, 4) is 16.9 Å². The van der Waals surface area contributed by atoms with Gasteiger partial charge in [-0.2, -0.15) is 0 Å². The van der Waals surface area contributed by atoms with E-state index in [0.29, 0.717) is 23.4 Å². The molecule has 1 aliphatic heterocycles. The second kappa shape index (κ2) is 9.15. The predicted octanol–water partition coefficient (Wildman–Crippen LogP) is 5.76. The summed E-state index contributed by atoms with van der Waals surface area (Å²) in [6.07, 6.45) is 0.220. The lowest BCUT2D eigenvalue weighted by Crippen LogP contribution is -2.11. The van der Waals surface area contributed by atoms with E-state index in [1.54, 1.807) is 31.2 Å². The molecule has 3 N–H and O–H groups in total. The Bertz CT molecular complexity index is 1290. The number of benzene rings is 3. The summed E-state index contributed by atoms with van der Waals surface area (Å²) >= 11 is 0. The maximum Gasteiger partial charge on any atom is 0.310 e. The maximum atomic E-state index is 12.9. The van der Waals surface area contributed by atoms with Crippen LogP contribution in [0, 0.1) is 17.0 Å². The topological polar surface area (TPSA) is 114 Å². The Morgan fingerprint density at radius 3 is 2.35 bits per heavy atom. The molecule has 0 fully saturated rings. The number of fused-ring (bicyclic) bond motifs is 2. The highest BCUT2D eigenvalue weighted by molar-refractivity contribution is 6.12. The summed E-state index contributed by atoms with van der Waals surface area (Å²) in [4.78, 5) is 23.7. The Morgan fingerprint density at radius 2 is 1.68 bits per heavy atom. The van der Waals surface area contributed by atoms with Crippen molar-refractivity contribution in [2.24, 2.45) is 0 Å². The number of aliphatic hydroxyl groups is 1. The summed E-state index contributed by atoms with van der Waals surface area (Å²) in [6.45, 7) is 5.85. The van der Waals surface area contributed by atoms with Crippen LogP contribution in [-0.4, -0.2) is 29.2 Å². The van der Waals surface area contributed by atoms with Gasteiger partial charge in [0.2, 0.25) is 0 Å². The minimum absolute atomic E-state index is 0.110. The number of methoxy groups -OCH3 is 1. The molecule has 8 heteroatoms. The van der Waals surface area contributed by atoms with Gasteiger partial charge in [-0.25, -0.2) is 0 Å². The standard InChI is InChI=1S/C26H27N3O5/c1-14(9-16(3)30)20-13-23-22(10-15(20)2)28-26(31)19-7-5-17(11-21(19)27-23)18-6-8-24(29(32)33)25(12-18)34-4/h5-8,10-14,16,27,30H,9H2,1-4H3,(H,28,31). The summed E-state index contributed by atoms with van der Waals surface area (Å²) in [5.41, 5.74) is 6.11. The predicted molar refractivity (Wildman–Crippen MR) is 132 cm³/mol. The van der Waals surface area contributed by atoms with Gasteiger partial charge in [0.15, 0.2) is 5.75 Å². The molecule has 176 valence electrons. The third kappa shape index (κ3) is 4.45. The van der Waals surface area contributed by atoms with Crippen LogP contribution in [0.1, 0.15) is 47.7 Å². The van der Waals surface area contributed by atoms with Gasteiger partial charge in [0.05, 0.1) is 40.8 Å². The molecule has 1 heterocycles. The van der Waals surface area contributed by atoms with Gasteiger partial charge in [0.1, 0.15) is 0 Å². The summed E-state index contributed by atoms with van der Waals surface area (Å²) < 4.78 is 5.20. The van der Waals surface area contributed by atoms with E-state index in [0.717, 1.165) is 27.9 Å². The molecule has 0 saturated heterocycles. The lowest BCUT2D eigenvalue weighted by molar-refractivity contribution is -0.385. The summed E-state index contributed by atoms with van der Waals surface area (Å²) in [7, 11) is 1.39. The number of aliphatic hydroxyl groups excluding tert-OH is 1. The van der Waals surface area contributed by atoms with E-state index < -0.39 is 11.0 Å². The molecule has 34 heavy (non-hydrogen) atoms. The van der Waals surface area contributed by atoms with Gasteiger partial charge in [0.25, 0.3) is 5.91 Å². The van der Waals surface area contributed by atoms with Crippen LogP contribution in [0.2, 0.25) is 0 Å². The molecule has 2 atom stereocenters. The first-order chi connectivity index (χ1) is 16.2. The Balaban J connectivity index is 1.75. The zero-order chi connectivity index (χ0) is 24.6. The van der Waals surface area contributed by atoms with E-state index in [1.165, 1.54) is 13.2 Å². The van der Waals surface area contributed by atoms with Crippen molar-refractivity contribution in [1.82, 2.24) is 0 Å². The second-order valence-electron chi connectivity index (χ2n) is 8.72. The van der Waals surface area contributed by atoms with Crippen molar-refractivity contribution in [3.63, 3.8) is 0 Å². The third-order valence-corrected chi connectivity index (χ3v) is 6.12. The van der Waals surface area contributed by atoms with Gasteiger partial charge in [-0.15, -0.1) is 0 Å². The smallest absolute Gasteiger partial charge is 0.310 e. The van der Waals surface area contributed by atoms with E-state index in [1.807, 2.05) is 25.1 Å². The number of nitro benzene ring substituents is 1. The average molecular weight is 462 g/mol. The van der Waals surface area contributed by atoms with Gasteiger partial charge < -0.3 is 20.5 Å². The molecule has 1 amide bonds. The lowest BCUT2D eigenvalue weighted by atomic mass is 9.91. The first-order valence-corrected chi connectivity index (χ1v) is 11.1. The fourth-order valence-electron chi connectivity index (χ4n) is 4.47. The molecule has 1 aliphatic rings. The van der Waals surface area contributed by atoms with Crippen molar-refractivity contribution in [2.45, 2.75) is 39.2 Å². The van der Waals surface area contributed by atoms with Crippen LogP contribution < -0.4 is 15.4 Å². The number of carbonyl (C=O) groups excluding carboxylic acids is 1. The molecule has 0 aliphatic carbocycles. The van der Waals surface area contributed by atoms with Crippen molar-refractivity contribution >= 4 is 28.7 Å². The molecule has 0 saturated carbocycles. The maximum absolute atomic E-state index is 12.9. The normalized spacial score (nSPS) is 14.1. The minimum Gasteiger partial charge on any atom is -0.490 e. The van der Waals surface area contributed by atoms with Gasteiger partial charge in [-0.05, 0) is 84.8 Å². The van der Waals surface area contributed by atoms with Crippen LogP contribution in [-0.2, 0) is 0 Å². The Morgan fingerprint density at radius 1 is 1.00 bits per heavy atom. The minimum atomic E-state index is -0.486. The highest BCUT2D eigenvalue weighted by Gasteiger charge is 2.23. The first kappa shape index (κ1) is 23.3. The number of aryl methyl sites for hydroxylation is 1. The summed E-state index contributed by atoms with van der Waals surface area (Å²) in [5, 5.41) is 27.4. The fraction of sp³-hybridized carbons (Fsp3) is 0.269. The van der Waals surface area contributed by atoms with E-state index in [9.17, 15) is 20.0 Å². The molecule has 2 unspecified atom stereocenters.